The number of esters is 1. The molecule has 1 aliphatic carbocycles. The Balaban J connectivity index is 1.96. The van der Waals surface area contributed by atoms with Gasteiger partial charge >= 0.3 is 5.97 Å². The monoisotopic (exact) mass is 255 g/mol. The first-order valence-corrected chi connectivity index (χ1v) is 6.82. The molecule has 0 radical (unpaired) electrons. The van der Waals surface area contributed by atoms with Gasteiger partial charge in [0.15, 0.2) is 0 Å². The SMILES string of the molecule is CCOC(=O)[C@H]1CC[C@@](O)(c2nccs2)CC1. The zero-order chi connectivity index (χ0) is 12.3. The quantitative estimate of drug-likeness (QED) is 0.840. The average Bonchev–Trinajstić information content (AvgIpc) is 2.84. The smallest absolute Gasteiger partial charge is 0.308 e. The van der Waals surface area contributed by atoms with Crippen molar-refractivity contribution in [3.63, 3.8) is 0 Å². The van der Waals surface area contributed by atoms with Crippen LogP contribution in [0.15, 0.2) is 11.6 Å². The molecule has 17 heavy (non-hydrogen) atoms. The van der Waals surface area contributed by atoms with Crippen LogP contribution in [0.1, 0.15) is 37.6 Å². The summed E-state index contributed by atoms with van der Waals surface area (Å²) >= 11 is 1.47. The van der Waals surface area contributed by atoms with Crippen molar-refractivity contribution in [1.82, 2.24) is 4.98 Å². The second kappa shape index (κ2) is 5.14. The van der Waals surface area contributed by atoms with Crippen LogP contribution in [0, 0.1) is 5.92 Å². The molecule has 1 N–H and O–H groups in total. The van der Waals surface area contributed by atoms with E-state index in [0.717, 1.165) is 5.01 Å². The molecule has 1 aromatic heterocycles. The van der Waals surface area contributed by atoms with Crippen LogP contribution in [0.25, 0.3) is 0 Å². The largest absolute Gasteiger partial charge is 0.466 e. The van der Waals surface area contributed by atoms with E-state index in [1.54, 1.807) is 6.20 Å². The molecule has 4 nitrogen and oxygen atoms in total. The first kappa shape index (κ1) is 12.5. The van der Waals surface area contributed by atoms with Crippen molar-refractivity contribution in [2.75, 3.05) is 6.61 Å². The number of rotatable bonds is 3. The van der Waals surface area contributed by atoms with Crippen LogP contribution in [0.4, 0.5) is 0 Å². The van der Waals surface area contributed by atoms with Crippen molar-refractivity contribution in [2.45, 2.75) is 38.2 Å². The zero-order valence-corrected chi connectivity index (χ0v) is 10.7. The predicted molar refractivity (Wildman–Crippen MR) is 64.6 cm³/mol. The molecule has 1 heterocycles. The van der Waals surface area contributed by atoms with E-state index in [9.17, 15) is 9.90 Å². The highest BCUT2D eigenvalue weighted by Crippen LogP contribution is 2.40. The van der Waals surface area contributed by atoms with E-state index in [1.807, 2.05) is 12.3 Å². The third-order valence-electron chi connectivity index (χ3n) is 3.26. The van der Waals surface area contributed by atoms with Gasteiger partial charge in [-0.15, -0.1) is 11.3 Å². The Kier molecular flexibility index (Phi) is 3.79. The van der Waals surface area contributed by atoms with Crippen LogP contribution in [-0.2, 0) is 15.1 Å². The number of hydrogen-bond acceptors (Lipinski definition) is 5. The highest BCUT2D eigenvalue weighted by Gasteiger charge is 2.39. The normalized spacial score (nSPS) is 28.9. The second-order valence-electron chi connectivity index (χ2n) is 4.40. The highest BCUT2D eigenvalue weighted by atomic mass is 32.1. The zero-order valence-electron chi connectivity index (χ0n) is 9.89. The van der Waals surface area contributed by atoms with Gasteiger partial charge in [-0.1, -0.05) is 0 Å². The maximum Gasteiger partial charge on any atom is 0.308 e. The molecule has 5 heteroatoms. The lowest BCUT2D eigenvalue weighted by molar-refractivity contribution is -0.151. The van der Waals surface area contributed by atoms with E-state index < -0.39 is 5.60 Å². The molecule has 0 aliphatic heterocycles. The molecule has 0 amide bonds. The summed E-state index contributed by atoms with van der Waals surface area (Å²) in [5.41, 5.74) is -0.836. The Morgan fingerprint density at radius 3 is 2.88 bits per heavy atom. The maximum absolute atomic E-state index is 11.6. The van der Waals surface area contributed by atoms with Crippen molar-refractivity contribution in [2.24, 2.45) is 5.92 Å². The lowest BCUT2D eigenvalue weighted by Gasteiger charge is -2.33. The lowest BCUT2D eigenvalue weighted by Crippen LogP contribution is -2.34. The summed E-state index contributed by atoms with van der Waals surface area (Å²) in [4.78, 5) is 15.7. The molecule has 0 saturated heterocycles. The Hall–Kier alpha value is -0.940. The summed E-state index contributed by atoms with van der Waals surface area (Å²) < 4.78 is 5.01. The summed E-state index contributed by atoms with van der Waals surface area (Å²) in [5, 5.41) is 13.1. The van der Waals surface area contributed by atoms with Crippen molar-refractivity contribution >= 4 is 17.3 Å². The molecule has 1 saturated carbocycles. The van der Waals surface area contributed by atoms with Gasteiger partial charge in [-0.2, -0.15) is 0 Å². The van der Waals surface area contributed by atoms with Crippen LogP contribution < -0.4 is 0 Å². The molecular weight excluding hydrogens is 238 g/mol. The Morgan fingerprint density at radius 1 is 1.65 bits per heavy atom. The number of carbonyl (C=O) groups is 1. The van der Waals surface area contributed by atoms with Gasteiger partial charge in [0.1, 0.15) is 10.6 Å². The van der Waals surface area contributed by atoms with E-state index in [2.05, 4.69) is 4.98 Å². The van der Waals surface area contributed by atoms with Crippen molar-refractivity contribution in [3.05, 3.63) is 16.6 Å². The summed E-state index contributed by atoms with van der Waals surface area (Å²) in [6.45, 7) is 2.23. The first-order valence-electron chi connectivity index (χ1n) is 5.94. The lowest BCUT2D eigenvalue weighted by atomic mass is 9.79. The average molecular weight is 255 g/mol. The van der Waals surface area contributed by atoms with Crippen LogP contribution in [0.3, 0.4) is 0 Å². The molecule has 94 valence electrons. The van der Waals surface area contributed by atoms with E-state index in [4.69, 9.17) is 4.74 Å². The molecule has 0 unspecified atom stereocenters. The Bertz CT molecular complexity index is 369. The highest BCUT2D eigenvalue weighted by molar-refractivity contribution is 7.09. The molecule has 0 bridgehead atoms. The molecule has 1 aliphatic rings. The molecule has 1 fully saturated rings. The van der Waals surface area contributed by atoms with Gasteiger partial charge < -0.3 is 9.84 Å². The number of aliphatic hydroxyl groups is 1. The fraction of sp³-hybridized carbons (Fsp3) is 0.667. The van der Waals surface area contributed by atoms with Gasteiger partial charge in [-0.05, 0) is 32.6 Å². The minimum absolute atomic E-state index is 0.0600. The van der Waals surface area contributed by atoms with Crippen LogP contribution in [0.2, 0.25) is 0 Å². The van der Waals surface area contributed by atoms with E-state index in [-0.39, 0.29) is 11.9 Å². The van der Waals surface area contributed by atoms with Gasteiger partial charge in [0.05, 0.1) is 12.5 Å². The number of hydrogen-bond donors (Lipinski definition) is 1. The van der Waals surface area contributed by atoms with Crippen LogP contribution >= 0.6 is 11.3 Å². The number of aromatic nitrogens is 1. The van der Waals surface area contributed by atoms with Gasteiger partial charge in [0, 0.05) is 11.6 Å². The van der Waals surface area contributed by atoms with Crippen LogP contribution in [0.5, 0.6) is 0 Å². The summed E-state index contributed by atoms with van der Waals surface area (Å²) in [5.74, 6) is -0.191. The van der Waals surface area contributed by atoms with E-state index in [0.29, 0.717) is 32.3 Å². The predicted octanol–water partition coefficient (Wildman–Crippen LogP) is 2.08. The Labute approximate surface area is 105 Å². The molecule has 0 atom stereocenters. The molecular formula is C12H17NO3S. The van der Waals surface area contributed by atoms with E-state index >= 15 is 0 Å². The van der Waals surface area contributed by atoms with Crippen LogP contribution in [-0.4, -0.2) is 22.7 Å². The molecule has 0 aromatic carbocycles. The number of thiazole rings is 1. The maximum atomic E-state index is 11.6. The molecule has 0 spiro atoms. The molecule has 2 rings (SSSR count). The van der Waals surface area contributed by atoms with Gasteiger partial charge in [0.25, 0.3) is 0 Å². The number of ether oxygens (including phenoxy) is 1. The van der Waals surface area contributed by atoms with Gasteiger partial charge in [0.2, 0.25) is 0 Å². The number of carbonyl (C=O) groups excluding carboxylic acids is 1. The minimum atomic E-state index is -0.836. The van der Waals surface area contributed by atoms with Gasteiger partial charge in [-0.3, -0.25) is 4.79 Å². The standard InChI is InChI=1S/C12H17NO3S/c1-2-16-10(14)9-3-5-12(15,6-4-9)11-13-7-8-17-11/h7-9,15H,2-6H2,1H3/t9-,12-. The summed E-state index contributed by atoms with van der Waals surface area (Å²) in [7, 11) is 0. The fourth-order valence-corrected chi connectivity index (χ4v) is 3.05. The van der Waals surface area contributed by atoms with Crippen molar-refractivity contribution in [1.29, 1.82) is 0 Å². The summed E-state index contributed by atoms with van der Waals surface area (Å²) in [6, 6.07) is 0. The van der Waals surface area contributed by atoms with Crippen molar-refractivity contribution < 1.29 is 14.6 Å². The number of nitrogens with zero attached hydrogens (tertiary/aromatic N) is 1. The van der Waals surface area contributed by atoms with E-state index in [1.165, 1.54) is 11.3 Å². The second-order valence-corrected chi connectivity index (χ2v) is 5.29. The van der Waals surface area contributed by atoms with Crippen molar-refractivity contribution in [3.8, 4) is 0 Å². The first-order chi connectivity index (χ1) is 8.15. The minimum Gasteiger partial charge on any atom is -0.466 e. The van der Waals surface area contributed by atoms with Gasteiger partial charge in [-0.25, -0.2) is 4.98 Å². The molecule has 1 aromatic rings. The topological polar surface area (TPSA) is 59.4 Å². The summed E-state index contributed by atoms with van der Waals surface area (Å²) in [6.07, 6.45) is 4.23. The fourth-order valence-electron chi connectivity index (χ4n) is 2.26. The third-order valence-corrected chi connectivity index (χ3v) is 4.23. The Morgan fingerprint density at radius 2 is 2.35 bits per heavy atom. The third kappa shape index (κ3) is 2.66.